The van der Waals surface area contributed by atoms with Gasteiger partial charge in [-0.05, 0) is 67.1 Å². The number of rotatable bonds is 15. The second-order valence-electron chi connectivity index (χ2n) is 8.06. The first-order chi connectivity index (χ1) is 17.0. The fraction of sp³-hybridized carbons (Fsp3) is 0.346. The van der Waals surface area contributed by atoms with E-state index < -0.39 is 15.7 Å². The van der Waals surface area contributed by atoms with Crippen molar-refractivity contribution in [1.29, 1.82) is 0 Å². The van der Waals surface area contributed by atoms with Crippen LogP contribution in [-0.4, -0.2) is 45.1 Å². The van der Waals surface area contributed by atoms with Crippen molar-refractivity contribution >= 4 is 15.7 Å². The summed E-state index contributed by atoms with van der Waals surface area (Å²) in [4.78, 5) is 11.1. The van der Waals surface area contributed by atoms with Crippen LogP contribution in [0.25, 0.3) is 11.1 Å². The zero-order valence-corrected chi connectivity index (χ0v) is 20.3. The van der Waals surface area contributed by atoms with Gasteiger partial charge in [0.15, 0.2) is 9.84 Å². The molecule has 0 spiro atoms. The molecule has 0 fully saturated rings. The maximum absolute atomic E-state index is 12.5. The van der Waals surface area contributed by atoms with Crippen molar-refractivity contribution in [3.8, 4) is 16.9 Å². The monoisotopic (exact) mass is 501 g/mol. The molecule has 0 radical (unpaired) electrons. The van der Waals surface area contributed by atoms with Crippen molar-refractivity contribution in [2.45, 2.75) is 37.0 Å². The van der Waals surface area contributed by atoms with Crippen LogP contribution < -0.4 is 10.2 Å². The number of carbonyl (C=O) groups is 1. The molecule has 188 valence electrons. The van der Waals surface area contributed by atoms with Crippen LogP contribution in [0.4, 0.5) is 0 Å². The van der Waals surface area contributed by atoms with Gasteiger partial charge in [0.2, 0.25) is 5.91 Å². The maximum atomic E-state index is 12.5. The Morgan fingerprint density at radius 1 is 0.943 bits per heavy atom. The Labute approximate surface area is 205 Å². The first kappa shape index (κ1) is 26.5. The molecule has 0 aliphatic heterocycles. The van der Waals surface area contributed by atoms with Crippen LogP contribution in [0.15, 0.2) is 76.4 Å². The topological polar surface area (TPSA) is 115 Å². The van der Waals surface area contributed by atoms with Crippen molar-refractivity contribution in [2.24, 2.45) is 0 Å². The van der Waals surface area contributed by atoms with E-state index in [0.717, 1.165) is 24.0 Å². The molecule has 1 heterocycles. The zero-order chi connectivity index (χ0) is 24.9. The third-order valence-electron chi connectivity index (χ3n) is 5.36. The van der Waals surface area contributed by atoms with Crippen molar-refractivity contribution in [1.82, 2.24) is 5.48 Å². The van der Waals surface area contributed by atoms with Gasteiger partial charge in [0, 0.05) is 25.2 Å². The summed E-state index contributed by atoms with van der Waals surface area (Å²) in [6.07, 6.45) is 6.06. The Hall–Kier alpha value is -3.14. The van der Waals surface area contributed by atoms with Gasteiger partial charge in [0.05, 0.1) is 29.8 Å². The molecule has 0 atom stereocenters. The van der Waals surface area contributed by atoms with Crippen LogP contribution in [0.3, 0.4) is 0 Å². The maximum Gasteiger partial charge on any atom is 0.243 e. The van der Waals surface area contributed by atoms with Gasteiger partial charge in [-0.25, -0.2) is 13.9 Å². The lowest BCUT2D eigenvalue weighted by Crippen LogP contribution is -2.18. The minimum Gasteiger partial charge on any atom is -0.494 e. The fourth-order valence-corrected chi connectivity index (χ4v) is 4.79. The summed E-state index contributed by atoms with van der Waals surface area (Å²) in [5, 5.41) is 8.41. The lowest BCUT2D eigenvalue weighted by atomic mass is 10.0. The SMILES string of the molecule is O=C(CCCOCCCS(=O)(=O)c1ccc(OCCCc2cccc(-c3ccoc3)c2)cc1)NO. The number of hydrogen-bond acceptors (Lipinski definition) is 7. The normalized spacial score (nSPS) is 11.3. The number of amides is 1. The number of carbonyl (C=O) groups excluding carboxylic acids is 1. The van der Waals surface area contributed by atoms with E-state index in [9.17, 15) is 13.2 Å². The molecular formula is C26H31NO7S. The smallest absolute Gasteiger partial charge is 0.243 e. The lowest BCUT2D eigenvalue weighted by Gasteiger charge is -2.09. The van der Waals surface area contributed by atoms with Gasteiger partial charge < -0.3 is 13.9 Å². The Kier molecular flexibility index (Phi) is 10.3. The predicted molar refractivity (Wildman–Crippen MR) is 131 cm³/mol. The summed E-state index contributed by atoms with van der Waals surface area (Å²) in [7, 11) is -3.41. The molecule has 1 amide bonds. The molecule has 3 rings (SSSR count). The number of hydrogen-bond donors (Lipinski definition) is 2. The number of nitrogens with one attached hydrogen (secondary N) is 1. The highest BCUT2D eigenvalue weighted by atomic mass is 32.2. The van der Waals surface area contributed by atoms with Gasteiger partial charge >= 0.3 is 0 Å². The quantitative estimate of drug-likeness (QED) is 0.180. The number of ether oxygens (including phenoxy) is 2. The van der Waals surface area contributed by atoms with Crippen LogP contribution >= 0.6 is 0 Å². The highest BCUT2D eigenvalue weighted by molar-refractivity contribution is 7.91. The zero-order valence-electron chi connectivity index (χ0n) is 19.5. The summed E-state index contributed by atoms with van der Waals surface area (Å²) < 4.78 is 41.3. The van der Waals surface area contributed by atoms with Crippen LogP contribution in [0.1, 0.15) is 31.2 Å². The van der Waals surface area contributed by atoms with Gasteiger partial charge in [-0.15, -0.1) is 0 Å². The third kappa shape index (κ3) is 8.86. The van der Waals surface area contributed by atoms with Gasteiger partial charge in [-0.1, -0.05) is 24.3 Å². The molecule has 8 nitrogen and oxygen atoms in total. The van der Waals surface area contributed by atoms with Crippen molar-refractivity contribution < 1.29 is 32.3 Å². The van der Waals surface area contributed by atoms with E-state index in [1.54, 1.807) is 42.3 Å². The highest BCUT2D eigenvalue weighted by Gasteiger charge is 2.14. The fourth-order valence-electron chi connectivity index (χ4n) is 3.51. The number of benzene rings is 2. The molecule has 0 saturated heterocycles. The Morgan fingerprint density at radius 2 is 1.74 bits per heavy atom. The van der Waals surface area contributed by atoms with Crippen LogP contribution in [0.5, 0.6) is 5.75 Å². The van der Waals surface area contributed by atoms with Crippen LogP contribution in [0.2, 0.25) is 0 Å². The first-order valence-electron chi connectivity index (χ1n) is 11.6. The minimum absolute atomic E-state index is 0.0256. The molecule has 0 aliphatic carbocycles. The molecule has 1 aromatic heterocycles. The molecule has 2 aromatic carbocycles. The molecule has 3 aromatic rings. The van der Waals surface area contributed by atoms with Gasteiger partial charge in [0.1, 0.15) is 5.75 Å². The molecule has 0 bridgehead atoms. The Bertz CT molecular complexity index is 1140. The number of sulfone groups is 1. The minimum atomic E-state index is -3.41. The second kappa shape index (κ2) is 13.7. The molecule has 35 heavy (non-hydrogen) atoms. The van der Waals surface area contributed by atoms with E-state index in [2.05, 4.69) is 18.2 Å². The van der Waals surface area contributed by atoms with E-state index in [4.69, 9.17) is 19.1 Å². The van der Waals surface area contributed by atoms with E-state index >= 15 is 0 Å². The molecule has 9 heteroatoms. The van der Waals surface area contributed by atoms with E-state index in [0.29, 0.717) is 31.8 Å². The third-order valence-corrected chi connectivity index (χ3v) is 7.18. The largest absolute Gasteiger partial charge is 0.494 e. The van der Waals surface area contributed by atoms with Gasteiger partial charge in [0.25, 0.3) is 0 Å². The summed E-state index contributed by atoms with van der Waals surface area (Å²) in [5.41, 5.74) is 4.94. The standard InChI is InChI=1S/C26H31NO7S/c28-26(27-29)8-3-14-32-15-4-18-35(30,31)25-11-9-24(10-12-25)34-16-2-6-21-5-1-7-22(19-21)23-13-17-33-20-23/h1,5,7,9-13,17,19-20,29H,2-4,6,8,14-16,18H2,(H,27,28). The van der Waals surface area contributed by atoms with E-state index in [1.807, 2.05) is 12.1 Å². The number of hydroxylamine groups is 1. The summed E-state index contributed by atoms with van der Waals surface area (Å²) >= 11 is 0. The van der Waals surface area contributed by atoms with Gasteiger partial charge in [-0.3, -0.25) is 10.0 Å². The Balaban J connectivity index is 1.35. The van der Waals surface area contributed by atoms with Crippen molar-refractivity contribution in [2.75, 3.05) is 25.6 Å². The predicted octanol–water partition coefficient (Wildman–Crippen LogP) is 4.42. The summed E-state index contributed by atoms with van der Waals surface area (Å²) in [5.74, 6) is 0.133. The summed E-state index contributed by atoms with van der Waals surface area (Å²) in [6, 6.07) is 16.7. The average Bonchev–Trinajstić information content (AvgIpc) is 3.41. The summed E-state index contributed by atoms with van der Waals surface area (Å²) in [6.45, 7) is 1.14. The highest BCUT2D eigenvalue weighted by Crippen LogP contribution is 2.22. The molecule has 0 aliphatic rings. The van der Waals surface area contributed by atoms with E-state index in [1.165, 1.54) is 5.56 Å². The van der Waals surface area contributed by atoms with Crippen LogP contribution in [-0.2, 0) is 25.8 Å². The number of furan rings is 1. The molecule has 0 saturated carbocycles. The van der Waals surface area contributed by atoms with Crippen molar-refractivity contribution in [3.05, 3.63) is 72.7 Å². The molecule has 0 unspecified atom stereocenters. The molecule has 2 N–H and O–H groups in total. The average molecular weight is 502 g/mol. The lowest BCUT2D eigenvalue weighted by molar-refractivity contribution is -0.129. The number of aryl methyl sites for hydroxylation is 1. The van der Waals surface area contributed by atoms with Crippen LogP contribution in [0, 0.1) is 0 Å². The molecular weight excluding hydrogens is 470 g/mol. The van der Waals surface area contributed by atoms with Gasteiger partial charge in [-0.2, -0.15) is 0 Å². The van der Waals surface area contributed by atoms with Crippen molar-refractivity contribution in [3.63, 3.8) is 0 Å². The Morgan fingerprint density at radius 3 is 2.49 bits per heavy atom. The van der Waals surface area contributed by atoms with E-state index in [-0.39, 0.29) is 23.7 Å². The first-order valence-corrected chi connectivity index (χ1v) is 13.2. The second-order valence-corrected chi connectivity index (χ2v) is 10.2.